The topological polar surface area (TPSA) is 43.8 Å². The summed E-state index contributed by atoms with van der Waals surface area (Å²) in [6.07, 6.45) is 3.78. The molecule has 0 aliphatic heterocycles. The molecule has 0 radical (unpaired) electrons. The second-order valence-electron chi connectivity index (χ2n) is 6.28. The summed E-state index contributed by atoms with van der Waals surface area (Å²) < 4.78 is 15.6. The number of imidazole rings is 1. The predicted octanol–water partition coefficient (Wildman–Crippen LogP) is 3.04. The van der Waals surface area contributed by atoms with Crippen LogP contribution in [0.4, 0.5) is 4.39 Å². The molecule has 3 nitrogen and oxygen atoms in total. The third kappa shape index (κ3) is 1.57. The van der Waals surface area contributed by atoms with Crippen molar-refractivity contribution in [1.29, 1.82) is 0 Å². The molecule has 2 saturated carbocycles. The van der Waals surface area contributed by atoms with Gasteiger partial charge in [-0.25, -0.2) is 9.37 Å². The standard InChI is InChI=1S/C16H20FN3/c1-2-20-13-6-5-11(17)8-12(13)19-16(20)14-9-3-4-10(7-9)15(14)18/h5-6,8-10,14-15H,2-4,7,18H2,1H3. The van der Waals surface area contributed by atoms with Gasteiger partial charge in [0.1, 0.15) is 11.6 Å². The molecule has 106 valence electrons. The molecule has 2 fully saturated rings. The highest BCUT2D eigenvalue weighted by Crippen LogP contribution is 2.52. The Balaban J connectivity index is 1.87. The van der Waals surface area contributed by atoms with Crippen molar-refractivity contribution in [1.82, 2.24) is 9.55 Å². The van der Waals surface area contributed by atoms with Crippen molar-refractivity contribution in [2.24, 2.45) is 17.6 Å². The minimum Gasteiger partial charge on any atom is -0.328 e. The number of benzene rings is 1. The van der Waals surface area contributed by atoms with Gasteiger partial charge in [0.05, 0.1) is 11.0 Å². The summed E-state index contributed by atoms with van der Waals surface area (Å²) in [6.45, 7) is 2.98. The second-order valence-corrected chi connectivity index (χ2v) is 6.28. The van der Waals surface area contributed by atoms with Crippen molar-refractivity contribution in [3.05, 3.63) is 29.8 Å². The molecule has 1 aromatic heterocycles. The Morgan fingerprint density at radius 3 is 2.85 bits per heavy atom. The van der Waals surface area contributed by atoms with Crippen LogP contribution in [0, 0.1) is 17.7 Å². The van der Waals surface area contributed by atoms with E-state index < -0.39 is 0 Å². The number of fused-ring (bicyclic) bond motifs is 3. The maximum atomic E-state index is 13.4. The van der Waals surface area contributed by atoms with Crippen molar-refractivity contribution < 1.29 is 4.39 Å². The first-order chi connectivity index (χ1) is 9.69. The molecule has 1 aromatic carbocycles. The van der Waals surface area contributed by atoms with Crippen LogP contribution in [0.25, 0.3) is 11.0 Å². The Morgan fingerprint density at radius 2 is 2.15 bits per heavy atom. The molecular formula is C16H20FN3. The van der Waals surface area contributed by atoms with Gasteiger partial charge in [0.15, 0.2) is 0 Å². The summed E-state index contributed by atoms with van der Waals surface area (Å²) in [5.74, 6) is 2.54. The van der Waals surface area contributed by atoms with Crippen molar-refractivity contribution in [2.45, 2.75) is 44.7 Å². The van der Waals surface area contributed by atoms with Gasteiger partial charge in [0, 0.05) is 24.6 Å². The van der Waals surface area contributed by atoms with Gasteiger partial charge in [0.2, 0.25) is 0 Å². The largest absolute Gasteiger partial charge is 0.328 e. The molecule has 20 heavy (non-hydrogen) atoms. The van der Waals surface area contributed by atoms with Crippen LogP contribution in [0.15, 0.2) is 18.2 Å². The van der Waals surface area contributed by atoms with E-state index in [0.717, 1.165) is 23.4 Å². The molecule has 2 bridgehead atoms. The molecular weight excluding hydrogens is 253 g/mol. The highest BCUT2D eigenvalue weighted by Gasteiger charge is 2.48. The zero-order chi connectivity index (χ0) is 13.9. The lowest BCUT2D eigenvalue weighted by Crippen LogP contribution is -2.35. The first-order valence-corrected chi connectivity index (χ1v) is 7.60. The molecule has 2 aliphatic carbocycles. The number of aromatic nitrogens is 2. The molecule has 4 atom stereocenters. The Morgan fingerprint density at radius 1 is 1.35 bits per heavy atom. The molecule has 0 saturated heterocycles. The van der Waals surface area contributed by atoms with Crippen molar-refractivity contribution >= 4 is 11.0 Å². The highest BCUT2D eigenvalue weighted by atomic mass is 19.1. The van der Waals surface area contributed by atoms with E-state index in [1.807, 2.05) is 6.07 Å². The number of nitrogens with two attached hydrogens (primary N) is 1. The number of hydrogen-bond donors (Lipinski definition) is 1. The zero-order valence-electron chi connectivity index (χ0n) is 11.7. The summed E-state index contributed by atoms with van der Waals surface area (Å²) in [6, 6.07) is 5.11. The summed E-state index contributed by atoms with van der Waals surface area (Å²) in [7, 11) is 0. The van der Waals surface area contributed by atoms with Crippen LogP contribution >= 0.6 is 0 Å². The third-order valence-corrected chi connectivity index (χ3v) is 5.33. The smallest absolute Gasteiger partial charge is 0.125 e. The van der Waals surface area contributed by atoms with E-state index in [1.165, 1.54) is 31.4 Å². The SMILES string of the molecule is CCn1c(C2C3CCC(C3)C2N)nc2cc(F)ccc21. The molecule has 1 heterocycles. The van der Waals surface area contributed by atoms with Gasteiger partial charge in [-0.05, 0) is 50.2 Å². The number of hydrogen-bond acceptors (Lipinski definition) is 2. The maximum Gasteiger partial charge on any atom is 0.125 e. The summed E-state index contributed by atoms with van der Waals surface area (Å²) >= 11 is 0. The molecule has 4 unspecified atom stereocenters. The summed E-state index contributed by atoms with van der Waals surface area (Å²) in [4.78, 5) is 4.74. The van der Waals surface area contributed by atoms with Crippen molar-refractivity contribution in [3.8, 4) is 0 Å². The van der Waals surface area contributed by atoms with Gasteiger partial charge in [-0.3, -0.25) is 0 Å². The van der Waals surface area contributed by atoms with E-state index in [0.29, 0.717) is 17.8 Å². The Kier molecular flexibility index (Phi) is 2.64. The predicted molar refractivity (Wildman–Crippen MR) is 76.9 cm³/mol. The fourth-order valence-electron chi connectivity index (χ4n) is 4.43. The third-order valence-electron chi connectivity index (χ3n) is 5.33. The van der Waals surface area contributed by atoms with E-state index in [2.05, 4.69) is 11.5 Å². The lowest BCUT2D eigenvalue weighted by atomic mass is 9.84. The lowest BCUT2D eigenvalue weighted by Gasteiger charge is -2.28. The maximum absolute atomic E-state index is 13.4. The Bertz CT molecular complexity index is 661. The van der Waals surface area contributed by atoms with E-state index in [1.54, 1.807) is 0 Å². The molecule has 4 rings (SSSR count). The Labute approximate surface area is 118 Å². The van der Waals surface area contributed by atoms with Crippen LogP contribution in [-0.2, 0) is 6.54 Å². The Hall–Kier alpha value is -1.42. The van der Waals surface area contributed by atoms with Crippen LogP contribution in [0.5, 0.6) is 0 Å². The van der Waals surface area contributed by atoms with Crippen LogP contribution in [-0.4, -0.2) is 15.6 Å². The van der Waals surface area contributed by atoms with Crippen molar-refractivity contribution in [3.63, 3.8) is 0 Å². The minimum atomic E-state index is -0.220. The van der Waals surface area contributed by atoms with Crippen molar-refractivity contribution in [2.75, 3.05) is 0 Å². The minimum absolute atomic E-state index is 0.220. The normalized spacial score (nSPS) is 32.4. The summed E-state index contributed by atoms with van der Waals surface area (Å²) in [5, 5.41) is 0. The van der Waals surface area contributed by atoms with E-state index in [9.17, 15) is 4.39 Å². The van der Waals surface area contributed by atoms with Gasteiger partial charge in [-0.2, -0.15) is 0 Å². The van der Waals surface area contributed by atoms with Gasteiger partial charge >= 0.3 is 0 Å². The fraction of sp³-hybridized carbons (Fsp3) is 0.562. The second kappa shape index (κ2) is 4.29. The molecule has 0 spiro atoms. The number of nitrogens with zero attached hydrogens (tertiary/aromatic N) is 2. The van der Waals surface area contributed by atoms with Crippen LogP contribution in [0.1, 0.15) is 37.9 Å². The van der Waals surface area contributed by atoms with E-state index >= 15 is 0 Å². The quantitative estimate of drug-likeness (QED) is 0.914. The average molecular weight is 273 g/mol. The number of rotatable bonds is 2. The van der Waals surface area contributed by atoms with Gasteiger partial charge in [0.25, 0.3) is 0 Å². The molecule has 4 heteroatoms. The first kappa shape index (κ1) is 12.3. The van der Waals surface area contributed by atoms with Gasteiger partial charge < -0.3 is 10.3 Å². The fourth-order valence-corrected chi connectivity index (χ4v) is 4.43. The number of halogens is 1. The summed E-state index contributed by atoms with van der Waals surface area (Å²) in [5.41, 5.74) is 8.23. The molecule has 0 amide bonds. The van der Waals surface area contributed by atoms with Gasteiger partial charge in [-0.15, -0.1) is 0 Å². The van der Waals surface area contributed by atoms with Gasteiger partial charge in [-0.1, -0.05) is 0 Å². The average Bonchev–Trinajstić information content (AvgIpc) is 3.09. The first-order valence-electron chi connectivity index (χ1n) is 7.60. The zero-order valence-corrected chi connectivity index (χ0v) is 11.7. The number of aryl methyl sites for hydroxylation is 1. The van der Waals surface area contributed by atoms with E-state index in [4.69, 9.17) is 10.7 Å². The van der Waals surface area contributed by atoms with Crippen LogP contribution in [0.2, 0.25) is 0 Å². The lowest BCUT2D eigenvalue weighted by molar-refractivity contribution is 0.347. The molecule has 2 N–H and O–H groups in total. The van der Waals surface area contributed by atoms with Crippen LogP contribution in [0.3, 0.4) is 0 Å². The van der Waals surface area contributed by atoms with Crippen LogP contribution < -0.4 is 5.73 Å². The molecule has 2 aromatic rings. The molecule has 2 aliphatic rings. The van der Waals surface area contributed by atoms with E-state index in [-0.39, 0.29) is 11.9 Å². The highest BCUT2D eigenvalue weighted by molar-refractivity contribution is 5.76. The monoisotopic (exact) mass is 273 g/mol.